The van der Waals surface area contributed by atoms with Crippen molar-refractivity contribution in [2.75, 3.05) is 23.8 Å². The number of hydrogen-bond acceptors (Lipinski definition) is 5. The zero-order chi connectivity index (χ0) is 18.6. The number of para-hydroxylation sites is 1. The number of pyridine rings is 1. The maximum atomic E-state index is 12.6. The summed E-state index contributed by atoms with van der Waals surface area (Å²) in [7, 11) is 0. The molecular weight excluding hydrogens is 366 g/mol. The largest absolute Gasteiger partial charge is 0.486 e. The van der Waals surface area contributed by atoms with Crippen molar-refractivity contribution in [1.29, 1.82) is 0 Å². The molecule has 0 fully saturated rings. The van der Waals surface area contributed by atoms with Gasteiger partial charge in [-0.3, -0.25) is 9.78 Å². The molecule has 6 nitrogen and oxygen atoms in total. The summed E-state index contributed by atoms with van der Waals surface area (Å²) in [6.07, 6.45) is 1.57. The van der Waals surface area contributed by atoms with Gasteiger partial charge >= 0.3 is 0 Å². The smallest absolute Gasteiger partial charge is 0.274 e. The molecule has 0 spiro atoms. The highest BCUT2D eigenvalue weighted by Crippen LogP contribution is 2.32. The maximum absolute atomic E-state index is 12.6. The molecule has 27 heavy (non-hydrogen) atoms. The molecule has 0 unspecified atom stereocenters. The molecule has 1 aliphatic heterocycles. The van der Waals surface area contributed by atoms with Crippen LogP contribution >= 0.6 is 11.6 Å². The van der Waals surface area contributed by atoms with Gasteiger partial charge in [0.15, 0.2) is 11.5 Å². The first-order chi connectivity index (χ1) is 13.2. The number of amides is 1. The van der Waals surface area contributed by atoms with Gasteiger partial charge in [0.25, 0.3) is 5.91 Å². The van der Waals surface area contributed by atoms with Crippen molar-refractivity contribution >= 4 is 34.6 Å². The number of hydrogen-bond donors (Lipinski definition) is 2. The van der Waals surface area contributed by atoms with E-state index in [1.807, 2.05) is 18.2 Å². The molecule has 0 atom stereocenters. The summed E-state index contributed by atoms with van der Waals surface area (Å²) in [5.41, 5.74) is 2.35. The Hall–Kier alpha value is -3.25. The second kappa shape index (κ2) is 7.55. The van der Waals surface area contributed by atoms with Crippen LogP contribution in [0.25, 0.3) is 0 Å². The van der Waals surface area contributed by atoms with E-state index in [-0.39, 0.29) is 11.6 Å². The molecule has 2 N–H and O–H groups in total. The zero-order valence-electron chi connectivity index (χ0n) is 14.2. The Labute approximate surface area is 161 Å². The molecule has 2 aromatic carbocycles. The molecule has 136 valence electrons. The first kappa shape index (κ1) is 17.2. The third-order valence-corrected chi connectivity index (χ3v) is 4.28. The highest BCUT2D eigenvalue weighted by atomic mass is 35.5. The van der Waals surface area contributed by atoms with Crippen LogP contribution in [0.2, 0.25) is 5.02 Å². The average molecular weight is 382 g/mol. The number of nitrogens with one attached hydrogen (secondary N) is 2. The fourth-order valence-corrected chi connectivity index (χ4v) is 2.85. The van der Waals surface area contributed by atoms with Crippen molar-refractivity contribution in [2.24, 2.45) is 0 Å². The quantitative estimate of drug-likeness (QED) is 0.696. The number of benzene rings is 2. The Bertz CT molecular complexity index is 994. The number of rotatable bonds is 4. The summed E-state index contributed by atoms with van der Waals surface area (Å²) in [5.74, 6) is 0.957. The molecule has 0 aliphatic carbocycles. The highest BCUT2D eigenvalue weighted by molar-refractivity contribution is 6.33. The van der Waals surface area contributed by atoms with Crippen LogP contribution in [0.1, 0.15) is 10.5 Å². The van der Waals surface area contributed by atoms with E-state index < -0.39 is 0 Å². The van der Waals surface area contributed by atoms with Gasteiger partial charge < -0.3 is 20.1 Å². The molecule has 0 radical (unpaired) electrons. The molecule has 1 aliphatic rings. The predicted molar refractivity (Wildman–Crippen MR) is 104 cm³/mol. The van der Waals surface area contributed by atoms with E-state index in [4.69, 9.17) is 21.1 Å². The van der Waals surface area contributed by atoms with Crippen molar-refractivity contribution in [1.82, 2.24) is 4.98 Å². The predicted octanol–water partition coefficient (Wildman–Crippen LogP) is 4.50. The van der Waals surface area contributed by atoms with E-state index in [9.17, 15) is 4.79 Å². The van der Waals surface area contributed by atoms with Crippen LogP contribution in [0.3, 0.4) is 0 Å². The third kappa shape index (κ3) is 3.96. The van der Waals surface area contributed by atoms with E-state index in [0.29, 0.717) is 41.1 Å². The zero-order valence-corrected chi connectivity index (χ0v) is 15.0. The van der Waals surface area contributed by atoms with Gasteiger partial charge in [-0.2, -0.15) is 0 Å². The van der Waals surface area contributed by atoms with Crippen molar-refractivity contribution in [3.63, 3.8) is 0 Å². The van der Waals surface area contributed by atoms with E-state index in [2.05, 4.69) is 15.6 Å². The number of ether oxygens (including phenoxy) is 2. The summed E-state index contributed by atoms with van der Waals surface area (Å²) >= 11 is 6.16. The van der Waals surface area contributed by atoms with Crippen LogP contribution in [0.5, 0.6) is 11.5 Å². The Morgan fingerprint density at radius 1 is 0.963 bits per heavy atom. The molecule has 3 aromatic rings. The SMILES string of the molecule is O=C(Nc1ccc2c(c1)OCCO2)c1cc(Nc2ccccc2Cl)ccn1. The van der Waals surface area contributed by atoms with Crippen molar-refractivity contribution < 1.29 is 14.3 Å². The summed E-state index contributed by atoms with van der Waals surface area (Å²) in [5, 5.41) is 6.60. The van der Waals surface area contributed by atoms with Crippen molar-refractivity contribution in [3.8, 4) is 11.5 Å². The molecule has 4 rings (SSSR count). The van der Waals surface area contributed by atoms with Gasteiger partial charge in [0.05, 0.1) is 10.7 Å². The topological polar surface area (TPSA) is 72.5 Å². The first-order valence-electron chi connectivity index (χ1n) is 8.38. The molecule has 2 heterocycles. The van der Waals surface area contributed by atoms with Crippen molar-refractivity contribution in [2.45, 2.75) is 0 Å². The standard InChI is InChI=1S/C20H16ClN3O3/c21-15-3-1-2-4-16(15)23-14-7-8-22-17(11-14)20(25)24-13-5-6-18-19(12-13)27-10-9-26-18/h1-8,11-12H,9-10H2,(H,22,23)(H,24,25). The van der Waals surface area contributed by atoms with Gasteiger partial charge in [0, 0.05) is 23.6 Å². The maximum Gasteiger partial charge on any atom is 0.274 e. The number of halogens is 1. The van der Waals surface area contributed by atoms with Crippen LogP contribution in [0.4, 0.5) is 17.1 Å². The average Bonchev–Trinajstić information content (AvgIpc) is 2.70. The van der Waals surface area contributed by atoms with Crippen LogP contribution < -0.4 is 20.1 Å². The van der Waals surface area contributed by atoms with E-state index in [1.165, 1.54) is 0 Å². The Morgan fingerprint density at radius 3 is 2.63 bits per heavy atom. The number of anilines is 3. The van der Waals surface area contributed by atoms with Crippen LogP contribution in [0.15, 0.2) is 60.8 Å². The number of aromatic nitrogens is 1. The molecular formula is C20H16ClN3O3. The van der Waals surface area contributed by atoms with E-state index in [0.717, 1.165) is 5.69 Å². The Morgan fingerprint density at radius 2 is 1.78 bits per heavy atom. The van der Waals surface area contributed by atoms with Gasteiger partial charge in [-0.1, -0.05) is 23.7 Å². The fourth-order valence-electron chi connectivity index (χ4n) is 2.67. The third-order valence-electron chi connectivity index (χ3n) is 3.95. The number of nitrogens with zero attached hydrogens (tertiary/aromatic N) is 1. The van der Waals surface area contributed by atoms with Crippen LogP contribution in [0, 0.1) is 0 Å². The minimum absolute atomic E-state index is 0.280. The molecule has 7 heteroatoms. The summed E-state index contributed by atoms with van der Waals surface area (Å²) in [4.78, 5) is 16.7. The number of carbonyl (C=O) groups excluding carboxylic acids is 1. The molecule has 1 amide bonds. The Kier molecular flexibility index (Phi) is 4.80. The van der Waals surface area contributed by atoms with Crippen LogP contribution in [-0.2, 0) is 0 Å². The lowest BCUT2D eigenvalue weighted by molar-refractivity contribution is 0.102. The van der Waals surface area contributed by atoms with Crippen molar-refractivity contribution in [3.05, 3.63) is 71.5 Å². The monoisotopic (exact) mass is 381 g/mol. The second-order valence-electron chi connectivity index (χ2n) is 5.85. The van der Waals surface area contributed by atoms with Gasteiger partial charge in [0.1, 0.15) is 18.9 Å². The van der Waals surface area contributed by atoms with Gasteiger partial charge in [-0.25, -0.2) is 0 Å². The van der Waals surface area contributed by atoms with E-state index >= 15 is 0 Å². The van der Waals surface area contributed by atoms with E-state index in [1.54, 1.807) is 42.6 Å². The summed E-state index contributed by atoms with van der Waals surface area (Å²) in [6.45, 7) is 1.01. The number of fused-ring (bicyclic) bond motifs is 1. The lowest BCUT2D eigenvalue weighted by Crippen LogP contribution is -2.17. The number of carbonyl (C=O) groups is 1. The minimum atomic E-state index is -0.325. The molecule has 0 saturated carbocycles. The Balaban J connectivity index is 1.50. The normalized spacial score (nSPS) is 12.3. The van der Waals surface area contributed by atoms with Gasteiger partial charge in [0.2, 0.25) is 0 Å². The highest BCUT2D eigenvalue weighted by Gasteiger charge is 2.14. The molecule has 0 saturated heterocycles. The molecule has 1 aromatic heterocycles. The van der Waals surface area contributed by atoms with Crippen LogP contribution in [-0.4, -0.2) is 24.1 Å². The molecule has 0 bridgehead atoms. The lowest BCUT2D eigenvalue weighted by atomic mass is 10.2. The first-order valence-corrected chi connectivity index (χ1v) is 8.75. The second-order valence-corrected chi connectivity index (χ2v) is 6.25. The summed E-state index contributed by atoms with van der Waals surface area (Å²) in [6, 6.07) is 16.1. The lowest BCUT2D eigenvalue weighted by Gasteiger charge is -2.19. The fraction of sp³-hybridized carbons (Fsp3) is 0.100. The van der Waals surface area contributed by atoms with Gasteiger partial charge in [-0.15, -0.1) is 0 Å². The minimum Gasteiger partial charge on any atom is -0.486 e. The summed E-state index contributed by atoms with van der Waals surface area (Å²) < 4.78 is 11.0. The van der Waals surface area contributed by atoms with Gasteiger partial charge in [-0.05, 0) is 36.4 Å².